The first-order chi connectivity index (χ1) is 14.1. The lowest BCUT2D eigenvalue weighted by Gasteiger charge is -2.47. The third kappa shape index (κ3) is 6.54. The van der Waals surface area contributed by atoms with Crippen molar-refractivity contribution in [3.63, 3.8) is 0 Å². The van der Waals surface area contributed by atoms with Gasteiger partial charge in [0.1, 0.15) is 0 Å². The van der Waals surface area contributed by atoms with Gasteiger partial charge in [0.2, 0.25) is 0 Å². The van der Waals surface area contributed by atoms with Crippen molar-refractivity contribution in [2.24, 2.45) is 4.99 Å². The highest BCUT2D eigenvalue weighted by Gasteiger charge is 2.38. The Morgan fingerprint density at radius 1 is 1.00 bits per heavy atom. The number of rotatable bonds is 7. The van der Waals surface area contributed by atoms with Gasteiger partial charge in [-0.3, -0.25) is 14.8 Å². The molecule has 3 fully saturated rings. The highest BCUT2D eigenvalue weighted by molar-refractivity contribution is 5.79. The van der Waals surface area contributed by atoms with Gasteiger partial charge in [-0.05, 0) is 33.7 Å². The van der Waals surface area contributed by atoms with Gasteiger partial charge >= 0.3 is 0 Å². The molecule has 0 bridgehead atoms. The van der Waals surface area contributed by atoms with Crippen LogP contribution in [0.3, 0.4) is 0 Å². The summed E-state index contributed by atoms with van der Waals surface area (Å²) in [6, 6.07) is 0.524. The molecule has 0 amide bonds. The lowest BCUT2D eigenvalue weighted by Crippen LogP contribution is -2.57. The third-order valence-electron chi connectivity index (χ3n) is 7.07. The molecular formula is C22H44N6O. The number of hydrogen-bond donors (Lipinski definition) is 2. The standard InChI is InChI=1S/C22H44N6O/c1-4-23-21(24-18-20(2)27-12-10-26(3)11-13-27)25-19-22(8-6-5-7-9-22)28-14-16-29-17-15-28/h20H,4-19H2,1-3H3,(H2,23,24,25). The molecule has 168 valence electrons. The van der Waals surface area contributed by atoms with Crippen LogP contribution in [0, 0.1) is 0 Å². The Morgan fingerprint density at radius 2 is 1.69 bits per heavy atom. The second-order valence-electron chi connectivity index (χ2n) is 9.15. The third-order valence-corrected chi connectivity index (χ3v) is 7.07. The van der Waals surface area contributed by atoms with Crippen LogP contribution >= 0.6 is 0 Å². The van der Waals surface area contributed by atoms with Crippen LogP contribution in [0.4, 0.5) is 0 Å². The summed E-state index contributed by atoms with van der Waals surface area (Å²) in [5, 5.41) is 7.11. The summed E-state index contributed by atoms with van der Waals surface area (Å²) in [5.74, 6) is 0.978. The first kappa shape index (κ1) is 22.8. The molecule has 29 heavy (non-hydrogen) atoms. The monoisotopic (exact) mass is 408 g/mol. The van der Waals surface area contributed by atoms with Crippen molar-refractivity contribution >= 4 is 5.96 Å². The Hall–Kier alpha value is -0.890. The molecule has 1 aliphatic carbocycles. The Kier molecular flexibility index (Phi) is 9.03. The van der Waals surface area contributed by atoms with E-state index in [1.54, 1.807) is 0 Å². The van der Waals surface area contributed by atoms with Gasteiger partial charge in [-0.2, -0.15) is 0 Å². The molecular weight excluding hydrogens is 364 g/mol. The van der Waals surface area contributed by atoms with Gasteiger partial charge in [0.15, 0.2) is 5.96 Å². The predicted molar refractivity (Wildman–Crippen MR) is 121 cm³/mol. The van der Waals surface area contributed by atoms with Crippen LogP contribution in [0.1, 0.15) is 46.0 Å². The van der Waals surface area contributed by atoms with E-state index in [-0.39, 0.29) is 5.54 Å². The van der Waals surface area contributed by atoms with E-state index in [1.807, 2.05) is 0 Å². The summed E-state index contributed by atoms with van der Waals surface area (Å²) in [6.45, 7) is 15.7. The van der Waals surface area contributed by atoms with Crippen LogP contribution in [-0.2, 0) is 4.74 Å². The van der Waals surface area contributed by atoms with Gasteiger partial charge < -0.3 is 20.3 Å². The fraction of sp³-hybridized carbons (Fsp3) is 0.955. The maximum absolute atomic E-state index is 5.62. The summed E-state index contributed by atoms with van der Waals surface area (Å²) in [5.41, 5.74) is 0.230. The van der Waals surface area contributed by atoms with Crippen LogP contribution in [0.5, 0.6) is 0 Å². The first-order valence-corrected chi connectivity index (χ1v) is 11.9. The number of aliphatic imine (C=N–C) groups is 1. The highest BCUT2D eigenvalue weighted by atomic mass is 16.5. The molecule has 2 aliphatic heterocycles. The molecule has 2 N–H and O–H groups in total. The average molecular weight is 409 g/mol. The Bertz CT molecular complexity index is 494. The second kappa shape index (κ2) is 11.5. The van der Waals surface area contributed by atoms with E-state index >= 15 is 0 Å². The molecule has 3 rings (SSSR count). The number of piperazine rings is 1. The van der Waals surface area contributed by atoms with Gasteiger partial charge in [0, 0.05) is 63.9 Å². The van der Waals surface area contributed by atoms with Crippen molar-refractivity contribution in [3.8, 4) is 0 Å². The van der Waals surface area contributed by atoms with Gasteiger partial charge in [0.25, 0.3) is 0 Å². The Balaban J connectivity index is 1.57. The summed E-state index contributed by atoms with van der Waals surface area (Å²) >= 11 is 0. The number of hydrogen-bond acceptors (Lipinski definition) is 5. The van der Waals surface area contributed by atoms with Crippen molar-refractivity contribution < 1.29 is 4.74 Å². The van der Waals surface area contributed by atoms with Crippen molar-refractivity contribution in [1.82, 2.24) is 25.3 Å². The zero-order chi connectivity index (χ0) is 20.5. The molecule has 1 unspecified atom stereocenters. The van der Waals surface area contributed by atoms with E-state index in [9.17, 15) is 0 Å². The molecule has 0 aromatic rings. The van der Waals surface area contributed by atoms with Gasteiger partial charge in [-0.15, -0.1) is 0 Å². The molecule has 0 aromatic carbocycles. The lowest BCUT2D eigenvalue weighted by atomic mass is 9.80. The summed E-state index contributed by atoms with van der Waals surface area (Å²) in [7, 11) is 2.21. The normalized spacial score (nSPS) is 26.2. The molecule has 1 saturated carbocycles. The molecule has 1 atom stereocenters. The molecule has 0 radical (unpaired) electrons. The van der Waals surface area contributed by atoms with Crippen LogP contribution < -0.4 is 10.6 Å². The van der Waals surface area contributed by atoms with Crippen molar-refractivity contribution in [2.45, 2.75) is 57.5 Å². The van der Waals surface area contributed by atoms with Crippen LogP contribution in [0.2, 0.25) is 0 Å². The van der Waals surface area contributed by atoms with Crippen LogP contribution in [-0.4, -0.2) is 111 Å². The van der Waals surface area contributed by atoms with Crippen molar-refractivity contribution in [1.29, 1.82) is 0 Å². The molecule has 7 heteroatoms. The SMILES string of the molecule is CCNC(=NCC1(N2CCOCC2)CCCCC1)NCC(C)N1CCN(C)CC1. The minimum atomic E-state index is 0.230. The van der Waals surface area contributed by atoms with Crippen molar-refractivity contribution in [2.75, 3.05) is 79.2 Å². The number of ether oxygens (including phenoxy) is 1. The van der Waals surface area contributed by atoms with E-state index in [4.69, 9.17) is 9.73 Å². The predicted octanol–water partition coefficient (Wildman–Crippen LogP) is 1.21. The van der Waals surface area contributed by atoms with Crippen molar-refractivity contribution in [3.05, 3.63) is 0 Å². The highest BCUT2D eigenvalue weighted by Crippen LogP contribution is 2.34. The first-order valence-electron chi connectivity index (χ1n) is 11.9. The number of nitrogens with one attached hydrogen (secondary N) is 2. The summed E-state index contributed by atoms with van der Waals surface area (Å²) in [4.78, 5) is 12.8. The molecule has 0 spiro atoms. The van der Waals surface area contributed by atoms with Gasteiger partial charge in [0.05, 0.1) is 19.8 Å². The largest absolute Gasteiger partial charge is 0.379 e. The summed E-state index contributed by atoms with van der Waals surface area (Å²) < 4.78 is 5.62. The minimum absolute atomic E-state index is 0.230. The topological polar surface area (TPSA) is 55.4 Å². The number of guanidine groups is 1. The fourth-order valence-corrected chi connectivity index (χ4v) is 5.03. The summed E-state index contributed by atoms with van der Waals surface area (Å²) in [6.07, 6.45) is 6.58. The minimum Gasteiger partial charge on any atom is -0.379 e. The molecule has 2 saturated heterocycles. The Labute approximate surface area is 178 Å². The zero-order valence-electron chi connectivity index (χ0n) is 19.1. The zero-order valence-corrected chi connectivity index (χ0v) is 19.1. The van der Waals surface area contributed by atoms with E-state index < -0.39 is 0 Å². The Morgan fingerprint density at radius 3 is 2.34 bits per heavy atom. The number of morpholine rings is 1. The average Bonchev–Trinajstić information content (AvgIpc) is 2.77. The maximum Gasteiger partial charge on any atom is 0.191 e. The van der Waals surface area contributed by atoms with E-state index in [1.165, 1.54) is 45.2 Å². The molecule has 3 aliphatic rings. The second-order valence-corrected chi connectivity index (χ2v) is 9.15. The van der Waals surface area contributed by atoms with Crippen LogP contribution in [0.15, 0.2) is 4.99 Å². The van der Waals surface area contributed by atoms with Gasteiger partial charge in [-0.1, -0.05) is 19.3 Å². The fourth-order valence-electron chi connectivity index (χ4n) is 5.03. The van der Waals surface area contributed by atoms with E-state index in [0.717, 1.165) is 65.0 Å². The number of likely N-dealkylation sites (N-methyl/N-ethyl adjacent to an activating group) is 1. The molecule has 7 nitrogen and oxygen atoms in total. The van der Waals surface area contributed by atoms with Gasteiger partial charge in [-0.25, -0.2) is 0 Å². The number of nitrogens with zero attached hydrogens (tertiary/aromatic N) is 4. The quantitative estimate of drug-likeness (QED) is 0.488. The lowest BCUT2D eigenvalue weighted by molar-refractivity contribution is -0.0333. The van der Waals surface area contributed by atoms with E-state index in [2.05, 4.69) is 46.2 Å². The maximum atomic E-state index is 5.62. The molecule has 0 aromatic heterocycles. The smallest absolute Gasteiger partial charge is 0.191 e. The molecule has 2 heterocycles. The van der Waals surface area contributed by atoms with E-state index in [0.29, 0.717) is 6.04 Å². The van der Waals surface area contributed by atoms with Crippen LogP contribution in [0.25, 0.3) is 0 Å².